The molecule has 18 heavy (non-hydrogen) atoms. The summed E-state index contributed by atoms with van der Waals surface area (Å²) >= 11 is 0. The minimum Gasteiger partial charge on any atom is -0.328 e. The van der Waals surface area contributed by atoms with E-state index < -0.39 is 22.9 Å². The van der Waals surface area contributed by atoms with E-state index in [0.29, 0.717) is 6.42 Å². The van der Waals surface area contributed by atoms with Crippen molar-refractivity contribution in [3.05, 3.63) is 31.3 Å². The van der Waals surface area contributed by atoms with Crippen molar-refractivity contribution in [3.63, 3.8) is 0 Å². The van der Waals surface area contributed by atoms with Gasteiger partial charge in [-0.25, -0.2) is 14.4 Å². The molecule has 0 spiro atoms. The van der Waals surface area contributed by atoms with Crippen LogP contribution in [0.1, 0.15) is 19.8 Å². The van der Waals surface area contributed by atoms with Gasteiger partial charge < -0.3 is 4.84 Å². The maximum atomic E-state index is 11.8. The molecule has 0 radical (unpaired) electrons. The molecule has 0 amide bonds. The quantitative estimate of drug-likeness (QED) is 0.611. The molecule has 3 N–H and O–H groups in total. The smallest absolute Gasteiger partial charge is 0.328 e. The van der Waals surface area contributed by atoms with E-state index in [1.807, 2.05) is 0 Å². The predicted molar refractivity (Wildman–Crippen MR) is 60.3 cm³/mol. The predicted octanol–water partition coefficient (Wildman–Crippen LogP) is -1.54. The maximum absolute atomic E-state index is 11.8. The molecule has 96 valence electrons. The van der Waals surface area contributed by atoms with Gasteiger partial charge in [-0.2, -0.15) is 0 Å². The van der Waals surface area contributed by atoms with Crippen LogP contribution < -0.4 is 21.8 Å². The van der Waals surface area contributed by atoms with Gasteiger partial charge in [0.2, 0.25) is 0 Å². The number of fused-ring (bicyclic) bond motifs is 1. The van der Waals surface area contributed by atoms with E-state index >= 15 is 0 Å². The van der Waals surface area contributed by atoms with Crippen LogP contribution in [0.25, 0.3) is 11.2 Å². The first kappa shape index (κ1) is 11.9. The standard InChI is InChI=1S/C9H10N4O5/c1-2-3-4(14)18-13-7(15)5-6(12-9(13)17)11-8(16)10-5/h2-3H2,1H3,(H,12,17)(H2,10,11,16). The molecule has 2 aromatic heterocycles. The van der Waals surface area contributed by atoms with Gasteiger partial charge in [-0.15, -0.1) is 0 Å². The van der Waals surface area contributed by atoms with E-state index in [-0.39, 0.29) is 22.3 Å². The number of carbonyl (C=O) groups is 1. The summed E-state index contributed by atoms with van der Waals surface area (Å²) in [6, 6.07) is 0. The van der Waals surface area contributed by atoms with Crippen LogP contribution in [0.3, 0.4) is 0 Å². The van der Waals surface area contributed by atoms with Gasteiger partial charge in [-0.3, -0.25) is 19.7 Å². The Hall–Kier alpha value is -2.58. The molecular weight excluding hydrogens is 244 g/mol. The molecule has 9 nitrogen and oxygen atoms in total. The van der Waals surface area contributed by atoms with Crippen molar-refractivity contribution in [2.24, 2.45) is 0 Å². The Labute approximate surface area is 98.4 Å². The number of imidazole rings is 1. The minimum absolute atomic E-state index is 0.0437. The number of carbonyl (C=O) groups excluding carboxylic acids is 1. The van der Waals surface area contributed by atoms with Gasteiger partial charge in [0, 0.05) is 6.42 Å². The van der Waals surface area contributed by atoms with Gasteiger partial charge >= 0.3 is 22.9 Å². The van der Waals surface area contributed by atoms with Crippen molar-refractivity contribution >= 4 is 17.1 Å². The van der Waals surface area contributed by atoms with E-state index in [1.54, 1.807) is 6.92 Å². The van der Waals surface area contributed by atoms with Gasteiger partial charge in [-0.1, -0.05) is 11.7 Å². The normalized spacial score (nSPS) is 10.7. The Kier molecular flexibility index (Phi) is 2.88. The van der Waals surface area contributed by atoms with Gasteiger partial charge in [0.05, 0.1) is 0 Å². The highest BCUT2D eigenvalue weighted by molar-refractivity contribution is 5.70. The Balaban J connectivity index is 2.57. The number of nitrogens with zero attached hydrogens (tertiary/aromatic N) is 1. The fourth-order valence-corrected chi connectivity index (χ4v) is 1.42. The van der Waals surface area contributed by atoms with Crippen LogP contribution in [-0.4, -0.2) is 25.7 Å². The third-order valence-electron chi connectivity index (χ3n) is 2.19. The summed E-state index contributed by atoms with van der Waals surface area (Å²) in [5.41, 5.74) is -2.69. The third kappa shape index (κ3) is 1.97. The zero-order chi connectivity index (χ0) is 13.3. The van der Waals surface area contributed by atoms with Crippen LogP contribution in [0.15, 0.2) is 14.4 Å². The molecule has 0 unspecified atom stereocenters. The lowest BCUT2D eigenvalue weighted by Gasteiger charge is -2.03. The molecule has 0 atom stereocenters. The second-order valence-electron chi connectivity index (χ2n) is 3.57. The van der Waals surface area contributed by atoms with Crippen molar-refractivity contribution in [1.29, 1.82) is 0 Å². The number of rotatable bonds is 3. The van der Waals surface area contributed by atoms with Gasteiger partial charge in [0.15, 0.2) is 5.52 Å². The molecular formula is C9H10N4O5. The van der Waals surface area contributed by atoms with E-state index in [2.05, 4.69) is 19.8 Å². The molecule has 0 fully saturated rings. The zero-order valence-electron chi connectivity index (χ0n) is 9.40. The highest BCUT2D eigenvalue weighted by atomic mass is 16.7. The van der Waals surface area contributed by atoms with Crippen molar-refractivity contribution in [2.75, 3.05) is 0 Å². The molecule has 2 aromatic rings. The summed E-state index contributed by atoms with van der Waals surface area (Å²) < 4.78 is 0.282. The lowest BCUT2D eigenvalue weighted by Crippen LogP contribution is -2.42. The van der Waals surface area contributed by atoms with E-state index in [4.69, 9.17) is 0 Å². The van der Waals surface area contributed by atoms with Crippen LogP contribution in [0.2, 0.25) is 0 Å². The van der Waals surface area contributed by atoms with E-state index in [0.717, 1.165) is 0 Å². The number of aromatic nitrogens is 4. The first-order chi connectivity index (χ1) is 8.52. The van der Waals surface area contributed by atoms with Crippen molar-refractivity contribution in [2.45, 2.75) is 19.8 Å². The topological polar surface area (TPSA) is 130 Å². The Morgan fingerprint density at radius 1 is 1.22 bits per heavy atom. The molecule has 0 aliphatic carbocycles. The number of hydrogen-bond donors (Lipinski definition) is 3. The lowest BCUT2D eigenvalue weighted by atomic mass is 10.3. The highest BCUT2D eigenvalue weighted by Crippen LogP contribution is 1.92. The average molecular weight is 254 g/mol. The molecule has 0 aromatic carbocycles. The summed E-state index contributed by atoms with van der Waals surface area (Å²) in [6.07, 6.45) is 0.599. The fraction of sp³-hybridized carbons (Fsp3) is 0.333. The molecule has 2 rings (SSSR count). The highest BCUT2D eigenvalue weighted by Gasteiger charge is 2.13. The number of hydrogen-bond acceptors (Lipinski definition) is 5. The molecule has 0 aliphatic rings. The lowest BCUT2D eigenvalue weighted by molar-refractivity contribution is -0.145. The molecule has 0 aliphatic heterocycles. The van der Waals surface area contributed by atoms with Gasteiger partial charge in [0.25, 0.3) is 0 Å². The van der Waals surface area contributed by atoms with Gasteiger partial charge in [0.1, 0.15) is 5.65 Å². The summed E-state index contributed by atoms with van der Waals surface area (Å²) in [6.45, 7) is 1.75. The van der Waals surface area contributed by atoms with Crippen LogP contribution in [0.4, 0.5) is 0 Å². The second kappa shape index (κ2) is 4.35. The van der Waals surface area contributed by atoms with Crippen molar-refractivity contribution in [1.82, 2.24) is 19.7 Å². The van der Waals surface area contributed by atoms with Crippen LogP contribution >= 0.6 is 0 Å². The SMILES string of the molecule is CCCC(=O)On1c(=O)[nH]c2[nH]c(=O)[nH]c2c1=O. The molecule has 2 heterocycles. The molecule has 9 heteroatoms. The maximum Gasteiger partial charge on any atom is 0.364 e. The average Bonchev–Trinajstić information content (AvgIpc) is 2.65. The summed E-state index contributed by atoms with van der Waals surface area (Å²) in [4.78, 5) is 56.8. The van der Waals surface area contributed by atoms with E-state index in [9.17, 15) is 19.2 Å². The molecule has 0 saturated heterocycles. The second-order valence-corrected chi connectivity index (χ2v) is 3.57. The first-order valence-corrected chi connectivity index (χ1v) is 5.21. The first-order valence-electron chi connectivity index (χ1n) is 5.21. The number of H-pyrrole nitrogens is 3. The van der Waals surface area contributed by atoms with Crippen molar-refractivity contribution < 1.29 is 9.63 Å². The zero-order valence-corrected chi connectivity index (χ0v) is 9.40. The molecule has 0 saturated carbocycles. The van der Waals surface area contributed by atoms with E-state index in [1.165, 1.54) is 0 Å². The summed E-state index contributed by atoms with van der Waals surface area (Å²) in [5, 5.41) is 0. The fourth-order valence-electron chi connectivity index (χ4n) is 1.42. The largest absolute Gasteiger partial charge is 0.364 e. The number of nitrogens with one attached hydrogen (secondary N) is 3. The van der Waals surface area contributed by atoms with Crippen molar-refractivity contribution in [3.8, 4) is 0 Å². The minimum atomic E-state index is -0.938. The Morgan fingerprint density at radius 3 is 2.61 bits per heavy atom. The number of aromatic amines is 3. The monoisotopic (exact) mass is 254 g/mol. The van der Waals surface area contributed by atoms with Crippen LogP contribution in [0, 0.1) is 0 Å². The van der Waals surface area contributed by atoms with Crippen LogP contribution in [0.5, 0.6) is 0 Å². The van der Waals surface area contributed by atoms with Crippen LogP contribution in [-0.2, 0) is 4.79 Å². The summed E-state index contributed by atoms with van der Waals surface area (Å²) in [5.74, 6) is -0.706. The Morgan fingerprint density at radius 2 is 1.94 bits per heavy atom. The Bertz CT molecular complexity index is 762. The third-order valence-corrected chi connectivity index (χ3v) is 2.19. The summed E-state index contributed by atoms with van der Waals surface area (Å²) in [7, 11) is 0. The molecule has 0 bridgehead atoms. The van der Waals surface area contributed by atoms with Gasteiger partial charge in [-0.05, 0) is 6.42 Å².